The number of benzene rings is 2. The molecule has 0 radical (unpaired) electrons. The summed E-state index contributed by atoms with van der Waals surface area (Å²) < 4.78 is 0. The zero-order chi connectivity index (χ0) is 20.2. The van der Waals surface area contributed by atoms with Gasteiger partial charge in [0.25, 0.3) is 5.91 Å². The lowest BCUT2D eigenvalue weighted by Crippen LogP contribution is -2.48. The summed E-state index contributed by atoms with van der Waals surface area (Å²) in [4.78, 5) is 23.0. The van der Waals surface area contributed by atoms with Crippen molar-refractivity contribution < 1.29 is 4.79 Å². The van der Waals surface area contributed by atoms with Gasteiger partial charge in [-0.15, -0.1) is 23.1 Å². The van der Waals surface area contributed by atoms with Crippen LogP contribution in [0.1, 0.15) is 21.1 Å². The monoisotopic (exact) mass is 443 g/mol. The first kappa shape index (κ1) is 20.3. The van der Waals surface area contributed by atoms with Crippen LogP contribution in [0.5, 0.6) is 0 Å². The minimum Gasteiger partial charge on any atom is -0.368 e. The lowest BCUT2D eigenvalue weighted by Gasteiger charge is -2.36. The number of thioether (sulfide) groups is 1. The molecule has 1 amide bonds. The van der Waals surface area contributed by atoms with Crippen molar-refractivity contribution in [3.8, 4) is 0 Å². The molecule has 0 N–H and O–H groups in total. The van der Waals surface area contributed by atoms with Gasteiger partial charge in [0.05, 0.1) is 16.3 Å². The van der Waals surface area contributed by atoms with Gasteiger partial charge in [-0.1, -0.05) is 23.7 Å². The van der Waals surface area contributed by atoms with E-state index in [-0.39, 0.29) is 5.91 Å². The molecule has 4 rings (SSSR count). The van der Waals surface area contributed by atoms with Crippen LogP contribution < -0.4 is 4.90 Å². The average Bonchev–Trinajstić information content (AvgIpc) is 3.18. The van der Waals surface area contributed by atoms with Crippen molar-refractivity contribution in [2.24, 2.45) is 0 Å². The van der Waals surface area contributed by atoms with Gasteiger partial charge in [0.2, 0.25) is 0 Å². The largest absolute Gasteiger partial charge is 0.368 e. The first-order valence-corrected chi connectivity index (χ1v) is 11.8. The van der Waals surface area contributed by atoms with Gasteiger partial charge in [-0.05, 0) is 43.3 Å². The molecule has 2 heterocycles. The van der Waals surface area contributed by atoms with Crippen LogP contribution in [0.4, 0.5) is 5.69 Å². The number of hydrogen-bond acceptors (Lipinski definition) is 5. The van der Waals surface area contributed by atoms with E-state index in [1.54, 1.807) is 23.1 Å². The number of piperazine rings is 1. The summed E-state index contributed by atoms with van der Waals surface area (Å²) >= 11 is 9.33. The molecule has 150 valence electrons. The molecule has 0 saturated carbocycles. The molecule has 29 heavy (non-hydrogen) atoms. The summed E-state index contributed by atoms with van der Waals surface area (Å²) in [5.74, 6) is 0.886. The van der Waals surface area contributed by atoms with Gasteiger partial charge in [0, 0.05) is 52.9 Å². The molecule has 0 bridgehead atoms. The molecular weight excluding hydrogens is 422 g/mol. The van der Waals surface area contributed by atoms with Crippen molar-refractivity contribution in [3.63, 3.8) is 0 Å². The molecule has 1 aromatic heterocycles. The van der Waals surface area contributed by atoms with E-state index in [4.69, 9.17) is 11.6 Å². The van der Waals surface area contributed by atoms with E-state index in [0.717, 1.165) is 50.7 Å². The predicted molar refractivity (Wildman–Crippen MR) is 122 cm³/mol. The van der Waals surface area contributed by atoms with E-state index < -0.39 is 0 Å². The summed E-state index contributed by atoms with van der Waals surface area (Å²) in [6, 6.07) is 15.8. The van der Waals surface area contributed by atoms with Crippen LogP contribution in [0.2, 0.25) is 5.02 Å². The SMILES string of the molecule is Cc1nc(CSc2ccccc2C(=O)N2CCN(c3ccc(Cl)cc3)CC2)cs1. The predicted octanol–water partition coefficient (Wildman–Crippen LogP) is 5.36. The van der Waals surface area contributed by atoms with Crippen molar-refractivity contribution in [2.45, 2.75) is 17.6 Å². The Bertz CT molecular complexity index is 982. The number of carbonyl (C=O) groups excluding carboxylic acids is 1. The zero-order valence-electron chi connectivity index (χ0n) is 16.2. The van der Waals surface area contributed by atoms with Crippen LogP contribution >= 0.6 is 34.7 Å². The third kappa shape index (κ3) is 4.94. The van der Waals surface area contributed by atoms with Crippen LogP contribution in [0, 0.1) is 6.92 Å². The number of aromatic nitrogens is 1. The maximum atomic E-state index is 13.2. The molecule has 0 aliphatic carbocycles. The van der Waals surface area contributed by atoms with Crippen LogP contribution in [-0.4, -0.2) is 42.0 Å². The number of nitrogens with zero attached hydrogens (tertiary/aromatic N) is 3. The number of amides is 1. The van der Waals surface area contributed by atoms with Gasteiger partial charge in [0.1, 0.15) is 0 Å². The molecule has 0 spiro atoms. The van der Waals surface area contributed by atoms with E-state index in [0.29, 0.717) is 13.1 Å². The molecule has 1 saturated heterocycles. The maximum Gasteiger partial charge on any atom is 0.255 e. The third-order valence-electron chi connectivity index (χ3n) is 4.92. The number of anilines is 1. The molecule has 1 aliphatic heterocycles. The van der Waals surface area contributed by atoms with E-state index in [1.807, 2.05) is 60.4 Å². The Hall–Kier alpha value is -2.02. The lowest BCUT2D eigenvalue weighted by atomic mass is 10.1. The van der Waals surface area contributed by atoms with Gasteiger partial charge < -0.3 is 9.80 Å². The second-order valence-electron chi connectivity index (χ2n) is 6.90. The van der Waals surface area contributed by atoms with Gasteiger partial charge in [-0.25, -0.2) is 4.98 Å². The summed E-state index contributed by atoms with van der Waals surface area (Å²) in [7, 11) is 0. The van der Waals surface area contributed by atoms with Gasteiger partial charge in [-0.2, -0.15) is 0 Å². The first-order valence-electron chi connectivity index (χ1n) is 9.53. The fraction of sp³-hybridized carbons (Fsp3) is 0.273. The fourth-order valence-electron chi connectivity index (χ4n) is 3.39. The van der Waals surface area contributed by atoms with Crippen LogP contribution in [-0.2, 0) is 5.75 Å². The van der Waals surface area contributed by atoms with Gasteiger partial charge in [-0.3, -0.25) is 4.79 Å². The van der Waals surface area contributed by atoms with Gasteiger partial charge in [0.15, 0.2) is 0 Å². The Balaban J connectivity index is 1.40. The summed E-state index contributed by atoms with van der Waals surface area (Å²) in [5, 5.41) is 3.90. The topological polar surface area (TPSA) is 36.4 Å². The molecule has 0 atom stereocenters. The molecular formula is C22H22ClN3OS2. The molecule has 3 aromatic rings. The van der Waals surface area contributed by atoms with E-state index in [1.165, 1.54) is 0 Å². The average molecular weight is 444 g/mol. The maximum absolute atomic E-state index is 13.2. The van der Waals surface area contributed by atoms with Crippen molar-refractivity contribution >= 4 is 46.3 Å². The highest BCUT2D eigenvalue weighted by atomic mass is 35.5. The van der Waals surface area contributed by atoms with Crippen LogP contribution in [0.15, 0.2) is 58.8 Å². The van der Waals surface area contributed by atoms with Gasteiger partial charge >= 0.3 is 0 Å². The summed E-state index contributed by atoms with van der Waals surface area (Å²) in [5.41, 5.74) is 3.00. The molecule has 2 aromatic carbocycles. The zero-order valence-corrected chi connectivity index (χ0v) is 18.6. The molecule has 4 nitrogen and oxygen atoms in total. The number of aryl methyl sites for hydroxylation is 1. The number of rotatable bonds is 5. The Morgan fingerprint density at radius 3 is 2.52 bits per heavy atom. The van der Waals surface area contributed by atoms with Crippen molar-refractivity contribution in [1.29, 1.82) is 0 Å². The number of halogens is 1. The minimum absolute atomic E-state index is 0.110. The number of thiazole rings is 1. The van der Waals surface area contributed by atoms with Crippen LogP contribution in [0.3, 0.4) is 0 Å². The van der Waals surface area contributed by atoms with Crippen molar-refractivity contribution in [1.82, 2.24) is 9.88 Å². The number of hydrogen-bond donors (Lipinski definition) is 0. The Labute approximate surface area is 184 Å². The smallest absolute Gasteiger partial charge is 0.255 e. The number of carbonyl (C=O) groups is 1. The normalized spacial score (nSPS) is 14.3. The standard InChI is InChI=1S/C22H22ClN3OS2/c1-16-24-18(14-28-16)15-29-21-5-3-2-4-20(21)22(27)26-12-10-25(11-13-26)19-8-6-17(23)7-9-19/h2-9,14H,10-13,15H2,1H3. The molecule has 1 fully saturated rings. The van der Waals surface area contributed by atoms with E-state index in [2.05, 4.69) is 15.3 Å². The minimum atomic E-state index is 0.110. The van der Waals surface area contributed by atoms with Crippen molar-refractivity contribution in [2.75, 3.05) is 31.1 Å². The first-order chi connectivity index (χ1) is 14.1. The van der Waals surface area contributed by atoms with Crippen molar-refractivity contribution in [3.05, 3.63) is 75.2 Å². The van der Waals surface area contributed by atoms with E-state index >= 15 is 0 Å². The lowest BCUT2D eigenvalue weighted by molar-refractivity contribution is 0.0743. The molecule has 7 heteroatoms. The fourth-order valence-corrected chi connectivity index (χ4v) is 5.17. The van der Waals surface area contributed by atoms with E-state index in [9.17, 15) is 4.79 Å². The Kier molecular flexibility index (Phi) is 6.43. The highest BCUT2D eigenvalue weighted by Gasteiger charge is 2.24. The molecule has 1 aliphatic rings. The highest BCUT2D eigenvalue weighted by Crippen LogP contribution is 2.28. The molecule has 0 unspecified atom stereocenters. The third-order valence-corrected chi connectivity index (χ3v) is 7.10. The Morgan fingerprint density at radius 2 is 1.83 bits per heavy atom. The Morgan fingerprint density at radius 1 is 1.10 bits per heavy atom. The summed E-state index contributed by atoms with van der Waals surface area (Å²) in [6.07, 6.45) is 0. The quantitative estimate of drug-likeness (QED) is 0.497. The second-order valence-corrected chi connectivity index (χ2v) is 9.41. The second kappa shape index (κ2) is 9.20. The van der Waals surface area contributed by atoms with Crippen LogP contribution in [0.25, 0.3) is 0 Å². The summed E-state index contributed by atoms with van der Waals surface area (Å²) in [6.45, 7) is 5.08. The highest BCUT2D eigenvalue weighted by molar-refractivity contribution is 7.98.